The van der Waals surface area contributed by atoms with Crippen molar-refractivity contribution >= 4 is 5.65 Å². The number of fused-ring (bicyclic) bond motifs is 1. The number of hydrogen-bond acceptors (Lipinski definition) is 4. The van der Waals surface area contributed by atoms with Crippen molar-refractivity contribution in [2.75, 3.05) is 0 Å². The summed E-state index contributed by atoms with van der Waals surface area (Å²) < 4.78 is 3.62. The van der Waals surface area contributed by atoms with Crippen molar-refractivity contribution in [2.24, 2.45) is 7.05 Å². The molecule has 0 aliphatic rings. The van der Waals surface area contributed by atoms with Crippen molar-refractivity contribution in [3.63, 3.8) is 0 Å². The zero-order valence-electron chi connectivity index (χ0n) is 13.3. The van der Waals surface area contributed by atoms with E-state index in [2.05, 4.69) is 21.1 Å². The summed E-state index contributed by atoms with van der Waals surface area (Å²) in [5, 5.41) is 13.6. The van der Waals surface area contributed by atoms with Gasteiger partial charge in [0.2, 0.25) is 0 Å². The number of imidazole rings is 1. The van der Waals surface area contributed by atoms with Crippen molar-refractivity contribution in [1.29, 1.82) is 5.26 Å². The molecule has 4 aromatic rings. The van der Waals surface area contributed by atoms with E-state index in [1.165, 1.54) is 0 Å². The van der Waals surface area contributed by atoms with Gasteiger partial charge in [-0.1, -0.05) is 0 Å². The Kier molecular flexibility index (Phi) is 3.14. The molecule has 0 bridgehead atoms. The molecular formula is C18H14N6. The third-order valence-corrected chi connectivity index (χ3v) is 3.97. The Morgan fingerprint density at radius 1 is 1.00 bits per heavy atom. The van der Waals surface area contributed by atoms with Crippen LogP contribution in [-0.4, -0.2) is 24.1 Å². The maximum atomic E-state index is 9.39. The van der Waals surface area contributed by atoms with Gasteiger partial charge in [-0.25, -0.2) is 4.98 Å². The molecule has 0 aromatic carbocycles. The van der Waals surface area contributed by atoms with E-state index in [1.807, 2.05) is 61.2 Å². The lowest BCUT2D eigenvalue weighted by atomic mass is 10.1. The molecule has 6 heteroatoms. The summed E-state index contributed by atoms with van der Waals surface area (Å²) in [4.78, 5) is 8.75. The van der Waals surface area contributed by atoms with Gasteiger partial charge in [-0.15, -0.1) is 0 Å². The first-order valence-corrected chi connectivity index (χ1v) is 7.49. The van der Waals surface area contributed by atoms with Crippen LogP contribution in [0.15, 0.2) is 49.1 Å². The summed E-state index contributed by atoms with van der Waals surface area (Å²) in [6.45, 7) is 1.95. The number of aromatic nitrogens is 5. The Hall–Kier alpha value is -3.46. The van der Waals surface area contributed by atoms with Crippen molar-refractivity contribution in [3.8, 4) is 28.5 Å². The van der Waals surface area contributed by atoms with Crippen LogP contribution in [0.5, 0.6) is 0 Å². The summed E-state index contributed by atoms with van der Waals surface area (Å²) in [6, 6.07) is 10.2. The highest BCUT2D eigenvalue weighted by molar-refractivity contribution is 5.75. The minimum absolute atomic E-state index is 0.498. The highest BCUT2D eigenvalue weighted by atomic mass is 15.2. The van der Waals surface area contributed by atoms with Gasteiger partial charge in [-0.3, -0.25) is 14.1 Å². The third-order valence-electron chi connectivity index (χ3n) is 3.97. The van der Waals surface area contributed by atoms with E-state index in [0.717, 1.165) is 33.7 Å². The third kappa shape index (κ3) is 2.23. The van der Waals surface area contributed by atoms with Gasteiger partial charge in [-0.05, 0) is 36.8 Å². The Labute approximate surface area is 138 Å². The summed E-state index contributed by atoms with van der Waals surface area (Å²) in [6.07, 6.45) is 7.18. The van der Waals surface area contributed by atoms with Gasteiger partial charge >= 0.3 is 0 Å². The average molecular weight is 314 g/mol. The molecular weight excluding hydrogens is 300 g/mol. The highest BCUT2D eigenvalue weighted by Gasteiger charge is 2.13. The molecule has 0 N–H and O–H groups in total. The van der Waals surface area contributed by atoms with Crippen molar-refractivity contribution in [3.05, 3.63) is 60.4 Å². The molecule has 0 saturated carbocycles. The number of nitriles is 1. The molecule has 4 aromatic heterocycles. The smallest absolute Gasteiger partial charge is 0.145 e. The van der Waals surface area contributed by atoms with Gasteiger partial charge in [0.25, 0.3) is 0 Å². The van der Waals surface area contributed by atoms with Crippen LogP contribution in [-0.2, 0) is 7.05 Å². The van der Waals surface area contributed by atoms with Crippen LogP contribution in [0.25, 0.3) is 28.0 Å². The molecule has 0 aliphatic carbocycles. The fourth-order valence-electron chi connectivity index (χ4n) is 2.76. The molecule has 4 heterocycles. The Morgan fingerprint density at radius 3 is 2.54 bits per heavy atom. The zero-order valence-corrected chi connectivity index (χ0v) is 13.3. The standard InChI is InChI=1S/C18H14N6/c1-12-3-4-13(8-20-12)17-5-14(15-9-22-23(2)11-15)6-18-21-10-16(7-19)24(17)18/h3-6,8-11H,1-2H3. The van der Waals surface area contributed by atoms with Gasteiger partial charge in [0, 0.05) is 36.3 Å². The van der Waals surface area contributed by atoms with E-state index < -0.39 is 0 Å². The molecule has 6 nitrogen and oxygen atoms in total. The minimum atomic E-state index is 0.498. The maximum Gasteiger partial charge on any atom is 0.145 e. The van der Waals surface area contributed by atoms with E-state index in [-0.39, 0.29) is 0 Å². The van der Waals surface area contributed by atoms with Crippen molar-refractivity contribution < 1.29 is 0 Å². The lowest BCUT2D eigenvalue weighted by Crippen LogP contribution is -1.97. The normalized spacial score (nSPS) is 10.9. The maximum absolute atomic E-state index is 9.39. The molecule has 0 spiro atoms. The number of nitrogens with zero attached hydrogens (tertiary/aromatic N) is 6. The molecule has 0 radical (unpaired) electrons. The predicted molar refractivity (Wildman–Crippen MR) is 90.1 cm³/mol. The van der Waals surface area contributed by atoms with E-state index in [0.29, 0.717) is 5.69 Å². The van der Waals surface area contributed by atoms with Crippen LogP contribution < -0.4 is 0 Å². The van der Waals surface area contributed by atoms with Gasteiger partial charge in [0.15, 0.2) is 0 Å². The van der Waals surface area contributed by atoms with Crippen LogP contribution in [0.2, 0.25) is 0 Å². The molecule has 0 atom stereocenters. The molecule has 0 fully saturated rings. The van der Waals surface area contributed by atoms with Crippen LogP contribution in [0.1, 0.15) is 11.4 Å². The molecule has 116 valence electrons. The molecule has 0 saturated heterocycles. The monoisotopic (exact) mass is 314 g/mol. The van der Waals surface area contributed by atoms with Crippen molar-refractivity contribution in [1.82, 2.24) is 24.1 Å². The molecule has 0 unspecified atom stereocenters. The quantitative estimate of drug-likeness (QED) is 0.570. The predicted octanol–water partition coefficient (Wildman–Crippen LogP) is 2.98. The van der Waals surface area contributed by atoms with Gasteiger partial charge in [0.05, 0.1) is 18.1 Å². The van der Waals surface area contributed by atoms with Crippen LogP contribution in [0.4, 0.5) is 0 Å². The molecule has 0 amide bonds. The van der Waals surface area contributed by atoms with Crippen LogP contribution in [0.3, 0.4) is 0 Å². The number of hydrogen-bond donors (Lipinski definition) is 0. The van der Waals surface area contributed by atoms with Gasteiger partial charge in [0.1, 0.15) is 17.4 Å². The number of aryl methyl sites for hydroxylation is 2. The van der Waals surface area contributed by atoms with Crippen LogP contribution in [0, 0.1) is 18.3 Å². The Morgan fingerprint density at radius 2 is 1.88 bits per heavy atom. The second-order valence-electron chi connectivity index (χ2n) is 5.67. The first-order chi connectivity index (χ1) is 11.7. The SMILES string of the molecule is Cc1ccc(-c2cc(-c3cnn(C)c3)cc3ncc(C#N)n23)cn1. The van der Waals surface area contributed by atoms with E-state index in [1.54, 1.807) is 10.9 Å². The fraction of sp³-hybridized carbons (Fsp3) is 0.111. The average Bonchev–Trinajstić information content (AvgIpc) is 3.20. The molecule has 4 rings (SSSR count). The van der Waals surface area contributed by atoms with E-state index in [4.69, 9.17) is 0 Å². The lowest BCUT2D eigenvalue weighted by Gasteiger charge is -2.09. The number of pyridine rings is 2. The highest BCUT2D eigenvalue weighted by Crippen LogP contribution is 2.29. The van der Waals surface area contributed by atoms with Crippen LogP contribution >= 0.6 is 0 Å². The molecule has 0 aliphatic heterocycles. The van der Waals surface area contributed by atoms with E-state index >= 15 is 0 Å². The zero-order chi connectivity index (χ0) is 16.7. The summed E-state index contributed by atoms with van der Waals surface area (Å²) >= 11 is 0. The fourth-order valence-corrected chi connectivity index (χ4v) is 2.76. The second-order valence-corrected chi connectivity index (χ2v) is 5.67. The van der Waals surface area contributed by atoms with Gasteiger partial charge < -0.3 is 0 Å². The first-order valence-electron chi connectivity index (χ1n) is 7.49. The Balaban J connectivity index is 2.02. The Bertz CT molecular complexity index is 1080. The summed E-state index contributed by atoms with van der Waals surface area (Å²) in [5.74, 6) is 0. The minimum Gasteiger partial charge on any atom is -0.284 e. The molecule has 24 heavy (non-hydrogen) atoms. The number of rotatable bonds is 2. The van der Waals surface area contributed by atoms with Crippen molar-refractivity contribution in [2.45, 2.75) is 6.92 Å². The summed E-state index contributed by atoms with van der Waals surface area (Å²) in [7, 11) is 1.89. The summed E-state index contributed by atoms with van der Waals surface area (Å²) in [5.41, 5.74) is 5.99. The lowest BCUT2D eigenvalue weighted by molar-refractivity contribution is 0.768. The van der Waals surface area contributed by atoms with E-state index in [9.17, 15) is 5.26 Å². The largest absolute Gasteiger partial charge is 0.284 e. The first kappa shape index (κ1) is 14.2. The van der Waals surface area contributed by atoms with Gasteiger partial charge in [-0.2, -0.15) is 10.4 Å². The topological polar surface area (TPSA) is 71.8 Å². The second kappa shape index (κ2) is 5.32.